The molecule has 0 saturated carbocycles. The van der Waals surface area contributed by atoms with Gasteiger partial charge in [0, 0.05) is 19.2 Å². The molecule has 5 nitrogen and oxygen atoms in total. The zero-order valence-electron chi connectivity index (χ0n) is 4.74. The summed E-state index contributed by atoms with van der Waals surface area (Å²) in [5.41, 5.74) is 0. The highest BCUT2D eigenvalue weighted by atomic mass is 16.4. The number of nitrogens with one attached hydrogen (secondary N) is 1. The number of hydrogen-bond donors (Lipinski definition) is 3. The Labute approximate surface area is 52.0 Å². The Kier molecular flexibility index (Phi) is 4.20. The Morgan fingerprint density at radius 1 is 1.78 bits per heavy atom. The van der Waals surface area contributed by atoms with Crippen molar-refractivity contribution in [1.29, 1.82) is 0 Å². The molecule has 0 atom stereocenters. The molecular formula is C4H8N2O3. The summed E-state index contributed by atoms with van der Waals surface area (Å²) < 4.78 is 0. The van der Waals surface area contributed by atoms with E-state index in [0.29, 0.717) is 6.42 Å². The molecule has 0 rings (SSSR count). The van der Waals surface area contributed by atoms with Crippen LogP contribution in [-0.4, -0.2) is 29.2 Å². The van der Waals surface area contributed by atoms with E-state index in [4.69, 9.17) is 10.3 Å². The molecule has 5 heteroatoms. The highest BCUT2D eigenvalue weighted by Crippen LogP contribution is 1.68. The molecule has 0 aliphatic carbocycles. The fraction of sp³-hybridized carbons (Fsp3) is 0.500. The van der Waals surface area contributed by atoms with Crippen LogP contribution in [0.25, 0.3) is 0 Å². The third-order valence-corrected chi connectivity index (χ3v) is 0.631. The first-order valence-corrected chi connectivity index (χ1v) is 2.40. The van der Waals surface area contributed by atoms with Gasteiger partial charge in [-0.1, -0.05) is 0 Å². The second kappa shape index (κ2) is 4.89. The fourth-order valence-corrected chi connectivity index (χ4v) is 0.301. The maximum Gasteiger partial charge on any atom is 0.404 e. The average molecular weight is 132 g/mol. The number of rotatable bonds is 3. The monoisotopic (exact) mass is 132 g/mol. The van der Waals surface area contributed by atoms with E-state index in [1.807, 2.05) is 0 Å². The molecule has 0 saturated heterocycles. The van der Waals surface area contributed by atoms with E-state index < -0.39 is 6.09 Å². The summed E-state index contributed by atoms with van der Waals surface area (Å²) in [5.74, 6) is 0. The fourth-order valence-electron chi connectivity index (χ4n) is 0.301. The second-order valence-electron chi connectivity index (χ2n) is 1.32. The van der Waals surface area contributed by atoms with Gasteiger partial charge in [-0.15, -0.1) is 5.16 Å². The van der Waals surface area contributed by atoms with Crippen molar-refractivity contribution in [2.45, 2.75) is 6.42 Å². The zero-order valence-corrected chi connectivity index (χ0v) is 4.74. The molecule has 0 aliphatic heterocycles. The Bertz CT molecular complexity index is 112. The van der Waals surface area contributed by atoms with Gasteiger partial charge in [0.1, 0.15) is 0 Å². The first-order valence-electron chi connectivity index (χ1n) is 2.40. The number of carbonyl (C=O) groups is 1. The van der Waals surface area contributed by atoms with E-state index in [0.717, 1.165) is 0 Å². The number of amides is 1. The Hall–Kier alpha value is -1.26. The van der Waals surface area contributed by atoms with Gasteiger partial charge in [-0.2, -0.15) is 0 Å². The van der Waals surface area contributed by atoms with Gasteiger partial charge in [0.05, 0.1) is 0 Å². The Morgan fingerprint density at radius 2 is 2.44 bits per heavy atom. The topological polar surface area (TPSA) is 81.9 Å². The van der Waals surface area contributed by atoms with Gasteiger partial charge >= 0.3 is 6.09 Å². The van der Waals surface area contributed by atoms with Crippen molar-refractivity contribution in [1.82, 2.24) is 5.32 Å². The lowest BCUT2D eigenvalue weighted by atomic mass is 10.5. The van der Waals surface area contributed by atoms with Crippen LogP contribution >= 0.6 is 0 Å². The molecule has 0 heterocycles. The molecule has 9 heavy (non-hydrogen) atoms. The minimum atomic E-state index is -1.07. The Morgan fingerprint density at radius 3 is 2.89 bits per heavy atom. The number of carboxylic acid groups (broad SMARTS) is 1. The van der Waals surface area contributed by atoms with Crippen molar-refractivity contribution in [3.05, 3.63) is 0 Å². The smallest absolute Gasteiger partial charge is 0.404 e. The van der Waals surface area contributed by atoms with Crippen LogP contribution in [0, 0.1) is 0 Å². The van der Waals surface area contributed by atoms with E-state index in [2.05, 4.69) is 10.5 Å². The number of hydrogen-bond acceptors (Lipinski definition) is 3. The maximum atomic E-state index is 9.74. The van der Waals surface area contributed by atoms with Gasteiger partial charge in [0.2, 0.25) is 0 Å². The molecule has 0 spiro atoms. The van der Waals surface area contributed by atoms with Crippen molar-refractivity contribution in [2.75, 3.05) is 6.54 Å². The summed E-state index contributed by atoms with van der Waals surface area (Å²) >= 11 is 0. The van der Waals surface area contributed by atoms with Gasteiger partial charge in [-0.05, 0) is 0 Å². The lowest BCUT2D eigenvalue weighted by Gasteiger charge is -1.92. The average Bonchev–Trinajstić information content (AvgIpc) is 1.80. The molecule has 1 amide bonds. The summed E-state index contributed by atoms with van der Waals surface area (Å²) in [4.78, 5) is 9.74. The molecule has 0 aromatic carbocycles. The standard InChI is InChI=1S/C4H8N2O3/c7-4(8)5-2-1-3-6-9/h3,5,9H,1-2H2,(H,7,8). The van der Waals surface area contributed by atoms with Gasteiger partial charge in [0.15, 0.2) is 0 Å². The van der Waals surface area contributed by atoms with Crippen LogP contribution in [0.15, 0.2) is 5.16 Å². The molecule has 0 bridgehead atoms. The summed E-state index contributed by atoms with van der Waals surface area (Å²) in [5, 5.41) is 20.6. The van der Waals surface area contributed by atoms with Crippen LogP contribution in [0.5, 0.6) is 0 Å². The molecule has 0 aromatic rings. The molecule has 52 valence electrons. The third kappa shape index (κ3) is 6.74. The maximum absolute atomic E-state index is 9.74. The Balaban J connectivity index is 3.01. The largest absolute Gasteiger partial charge is 0.465 e. The van der Waals surface area contributed by atoms with Crippen molar-refractivity contribution in [2.24, 2.45) is 5.16 Å². The van der Waals surface area contributed by atoms with Crippen LogP contribution in [0.3, 0.4) is 0 Å². The third-order valence-electron chi connectivity index (χ3n) is 0.631. The summed E-state index contributed by atoms with van der Waals surface area (Å²) in [7, 11) is 0. The van der Waals surface area contributed by atoms with Crippen molar-refractivity contribution < 1.29 is 15.1 Å². The van der Waals surface area contributed by atoms with Crippen molar-refractivity contribution in [3.63, 3.8) is 0 Å². The van der Waals surface area contributed by atoms with Crippen LogP contribution < -0.4 is 5.32 Å². The molecule has 0 aliphatic rings. The van der Waals surface area contributed by atoms with Gasteiger partial charge in [-0.25, -0.2) is 4.79 Å². The van der Waals surface area contributed by atoms with Crippen LogP contribution in [-0.2, 0) is 0 Å². The highest BCUT2D eigenvalue weighted by Gasteiger charge is 1.88. The first kappa shape index (κ1) is 7.74. The summed E-state index contributed by atoms with van der Waals surface area (Å²) in [6.45, 7) is 0.277. The normalized spacial score (nSPS) is 9.78. The number of nitrogens with zero attached hydrogens (tertiary/aromatic N) is 1. The van der Waals surface area contributed by atoms with Gasteiger partial charge in [-0.3, -0.25) is 0 Å². The van der Waals surface area contributed by atoms with E-state index in [1.165, 1.54) is 6.21 Å². The summed E-state index contributed by atoms with van der Waals surface area (Å²) in [6, 6.07) is 0. The molecule has 0 aromatic heterocycles. The van der Waals surface area contributed by atoms with Crippen LogP contribution in [0.4, 0.5) is 4.79 Å². The SMILES string of the molecule is O=C(O)NCCC=NO. The molecule has 0 radical (unpaired) electrons. The molecule has 0 fully saturated rings. The zero-order chi connectivity index (χ0) is 7.11. The first-order chi connectivity index (χ1) is 4.27. The van der Waals surface area contributed by atoms with E-state index in [9.17, 15) is 4.79 Å². The van der Waals surface area contributed by atoms with E-state index in [1.54, 1.807) is 0 Å². The molecular weight excluding hydrogens is 124 g/mol. The van der Waals surface area contributed by atoms with E-state index in [-0.39, 0.29) is 6.54 Å². The van der Waals surface area contributed by atoms with Crippen LogP contribution in [0.1, 0.15) is 6.42 Å². The predicted molar refractivity (Wildman–Crippen MR) is 30.9 cm³/mol. The predicted octanol–water partition coefficient (Wildman–Crippen LogP) is 0.104. The van der Waals surface area contributed by atoms with Crippen LogP contribution in [0.2, 0.25) is 0 Å². The van der Waals surface area contributed by atoms with Gasteiger partial charge in [0.25, 0.3) is 0 Å². The van der Waals surface area contributed by atoms with Gasteiger partial charge < -0.3 is 15.6 Å². The lowest BCUT2D eigenvalue weighted by Crippen LogP contribution is -2.21. The minimum absolute atomic E-state index is 0.277. The molecule has 3 N–H and O–H groups in total. The quantitative estimate of drug-likeness (QED) is 0.220. The lowest BCUT2D eigenvalue weighted by molar-refractivity contribution is 0.195. The van der Waals surface area contributed by atoms with Crippen molar-refractivity contribution in [3.8, 4) is 0 Å². The highest BCUT2D eigenvalue weighted by molar-refractivity contribution is 5.65. The molecule has 0 unspecified atom stereocenters. The second-order valence-corrected chi connectivity index (χ2v) is 1.32. The number of oxime groups is 1. The minimum Gasteiger partial charge on any atom is -0.465 e. The summed E-state index contributed by atoms with van der Waals surface area (Å²) in [6.07, 6.45) is 0.556. The van der Waals surface area contributed by atoms with E-state index >= 15 is 0 Å². The van der Waals surface area contributed by atoms with Crippen molar-refractivity contribution >= 4 is 12.3 Å².